The predicted molar refractivity (Wildman–Crippen MR) is 105 cm³/mol. The summed E-state index contributed by atoms with van der Waals surface area (Å²) in [7, 11) is 0. The van der Waals surface area contributed by atoms with Crippen molar-refractivity contribution in [1.82, 2.24) is 4.90 Å². The lowest BCUT2D eigenvalue weighted by atomic mass is 10.1. The molecule has 26 heavy (non-hydrogen) atoms. The maximum absolute atomic E-state index is 12.7. The van der Waals surface area contributed by atoms with Gasteiger partial charge >= 0.3 is 0 Å². The number of nitrogens with zero attached hydrogens (tertiary/aromatic N) is 1. The Morgan fingerprint density at radius 1 is 1.27 bits per heavy atom. The van der Waals surface area contributed by atoms with Gasteiger partial charge in [0.1, 0.15) is 11.5 Å². The standard InChI is InChI=1S/C20H26N2O3S/c1-3-24-16-7-8-19(25-4-2)17(12-16)21-20(23)13-22-10-5-6-18(22)15-9-11-26-14-15/h7-9,11-12,14,18H,3-6,10,13H2,1-2H3,(H,21,23). The Bertz CT molecular complexity index is 718. The summed E-state index contributed by atoms with van der Waals surface area (Å²) in [5, 5.41) is 7.28. The van der Waals surface area contributed by atoms with Crippen molar-refractivity contribution in [3.8, 4) is 11.5 Å². The first kappa shape index (κ1) is 18.7. The van der Waals surface area contributed by atoms with Crippen molar-refractivity contribution < 1.29 is 14.3 Å². The highest BCUT2D eigenvalue weighted by Gasteiger charge is 2.28. The summed E-state index contributed by atoms with van der Waals surface area (Å²) in [5.74, 6) is 1.37. The molecule has 1 saturated heterocycles. The molecular weight excluding hydrogens is 348 g/mol. The SMILES string of the molecule is CCOc1ccc(OCC)c(NC(=O)CN2CCCC2c2ccsc2)c1. The van der Waals surface area contributed by atoms with Crippen LogP contribution in [0.1, 0.15) is 38.3 Å². The minimum Gasteiger partial charge on any atom is -0.494 e. The first-order chi connectivity index (χ1) is 12.7. The molecule has 1 aromatic heterocycles. The molecule has 5 nitrogen and oxygen atoms in total. The van der Waals surface area contributed by atoms with Gasteiger partial charge in [0.2, 0.25) is 5.91 Å². The molecule has 1 aromatic carbocycles. The molecule has 1 N–H and O–H groups in total. The quantitative estimate of drug-likeness (QED) is 0.748. The van der Waals surface area contributed by atoms with Crippen molar-refractivity contribution in [2.75, 3.05) is 31.6 Å². The Morgan fingerprint density at radius 2 is 2.12 bits per heavy atom. The molecule has 2 heterocycles. The van der Waals surface area contributed by atoms with Gasteiger partial charge in [-0.3, -0.25) is 9.69 Å². The number of nitrogens with one attached hydrogen (secondary N) is 1. The Kier molecular flexibility index (Phi) is 6.52. The van der Waals surface area contributed by atoms with Crippen molar-refractivity contribution in [2.45, 2.75) is 32.7 Å². The lowest BCUT2D eigenvalue weighted by molar-refractivity contribution is -0.117. The van der Waals surface area contributed by atoms with Crippen LogP contribution in [0.25, 0.3) is 0 Å². The molecule has 0 spiro atoms. The first-order valence-corrected chi connectivity index (χ1v) is 10.1. The Labute approximate surface area is 158 Å². The van der Waals surface area contributed by atoms with E-state index in [0.717, 1.165) is 25.1 Å². The van der Waals surface area contributed by atoms with Gasteiger partial charge < -0.3 is 14.8 Å². The van der Waals surface area contributed by atoms with Crippen molar-refractivity contribution in [3.63, 3.8) is 0 Å². The van der Waals surface area contributed by atoms with Crippen molar-refractivity contribution in [2.24, 2.45) is 0 Å². The number of hydrogen-bond donors (Lipinski definition) is 1. The molecule has 0 saturated carbocycles. The number of anilines is 1. The summed E-state index contributed by atoms with van der Waals surface area (Å²) in [6.45, 7) is 6.32. The molecule has 140 valence electrons. The molecule has 1 unspecified atom stereocenters. The van der Waals surface area contributed by atoms with E-state index in [0.29, 0.717) is 37.2 Å². The second-order valence-electron chi connectivity index (χ2n) is 6.26. The van der Waals surface area contributed by atoms with Gasteiger partial charge in [-0.1, -0.05) is 0 Å². The van der Waals surface area contributed by atoms with Crippen LogP contribution in [-0.2, 0) is 4.79 Å². The molecule has 1 aliphatic heterocycles. The van der Waals surface area contributed by atoms with Crippen LogP contribution in [0.3, 0.4) is 0 Å². The van der Waals surface area contributed by atoms with Gasteiger partial charge in [-0.25, -0.2) is 0 Å². The van der Waals surface area contributed by atoms with E-state index >= 15 is 0 Å². The molecule has 1 fully saturated rings. The van der Waals surface area contributed by atoms with Gasteiger partial charge in [0.25, 0.3) is 0 Å². The summed E-state index contributed by atoms with van der Waals surface area (Å²) in [5.41, 5.74) is 1.97. The zero-order valence-corrected chi connectivity index (χ0v) is 16.2. The maximum Gasteiger partial charge on any atom is 0.238 e. The number of ether oxygens (including phenoxy) is 2. The van der Waals surface area contributed by atoms with Gasteiger partial charge in [0.05, 0.1) is 25.4 Å². The van der Waals surface area contributed by atoms with Gasteiger partial charge in [0.15, 0.2) is 0 Å². The number of rotatable bonds is 8. The Morgan fingerprint density at radius 3 is 2.85 bits per heavy atom. The third-order valence-electron chi connectivity index (χ3n) is 4.47. The van der Waals surface area contributed by atoms with E-state index in [-0.39, 0.29) is 5.91 Å². The normalized spacial score (nSPS) is 17.2. The number of amides is 1. The van der Waals surface area contributed by atoms with Crippen LogP contribution in [0.15, 0.2) is 35.0 Å². The highest BCUT2D eigenvalue weighted by Crippen LogP contribution is 2.33. The number of benzene rings is 1. The van der Waals surface area contributed by atoms with Crippen LogP contribution in [0.4, 0.5) is 5.69 Å². The van der Waals surface area contributed by atoms with Crippen LogP contribution in [0, 0.1) is 0 Å². The Hall–Kier alpha value is -2.05. The molecule has 2 aromatic rings. The van der Waals surface area contributed by atoms with Gasteiger partial charge in [0, 0.05) is 12.1 Å². The second-order valence-corrected chi connectivity index (χ2v) is 7.04. The summed E-state index contributed by atoms with van der Waals surface area (Å²) >= 11 is 1.71. The smallest absolute Gasteiger partial charge is 0.238 e. The average Bonchev–Trinajstić information content (AvgIpc) is 3.28. The molecule has 1 atom stereocenters. The van der Waals surface area contributed by atoms with Gasteiger partial charge in [-0.05, 0) is 67.8 Å². The minimum absolute atomic E-state index is 0.0262. The monoisotopic (exact) mass is 374 g/mol. The summed E-state index contributed by atoms with van der Waals surface area (Å²) in [6, 6.07) is 8.02. The zero-order chi connectivity index (χ0) is 18.4. The zero-order valence-electron chi connectivity index (χ0n) is 15.4. The number of carbonyl (C=O) groups excluding carboxylic acids is 1. The minimum atomic E-state index is -0.0262. The fourth-order valence-corrected chi connectivity index (χ4v) is 4.08. The molecule has 0 aliphatic carbocycles. The third-order valence-corrected chi connectivity index (χ3v) is 5.18. The third kappa shape index (κ3) is 4.56. The fourth-order valence-electron chi connectivity index (χ4n) is 3.38. The highest BCUT2D eigenvalue weighted by molar-refractivity contribution is 7.07. The van der Waals surface area contributed by atoms with E-state index in [1.807, 2.05) is 32.0 Å². The van der Waals surface area contributed by atoms with Crippen molar-refractivity contribution in [3.05, 3.63) is 40.6 Å². The summed E-state index contributed by atoms with van der Waals surface area (Å²) in [6.07, 6.45) is 2.23. The average molecular weight is 375 g/mol. The van der Waals surface area contributed by atoms with Crippen molar-refractivity contribution in [1.29, 1.82) is 0 Å². The van der Waals surface area contributed by atoms with Crippen LogP contribution >= 0.6 is 11.3 Å². The van der Waals surface area contributed by atoms with E-state index in [1.165, 1.54) is 5.56 Å². The van der Waals surface area contributed by atoms with Crippen molar-refractivity contribution >= 4 is 22.9 Å². The van der Waals surface area contributed by atoms with Crippen LogP contribution < -0.4 is 14.8 Å². The lowest BCUT2D eigenvalue weighted by Gasteiger charge is -2.23. The van der Waals surface area contributed by atoms with E-state index in [9.17, 15) is 4.79 Å². The molecule has 0 bridgehead atoms. The molecule has 1 aliphatic rings. The van der Waals surface area contributed by atoms with E-state index in [2.05, 4.69) is 27.0 Å². The van der Waals surface area contributed by atoms with Gasteiger partial charge in [-0.15, -0.1) is 0 Å². The predicted octanol–water partition coefficient (Wildman–Crippen LogP) is 4.32. The second kappa shape index (κ2) is 9.05. The van der Waals surface area contributed by atoms with Crippen LogP contribution in [0.2, 0.25) is 0 Å². The maximum atomic E-state index is 12.7. The largest absolute Gasteiger partial charge is 0.494 e. The number of carbonyl (C=O) groups is 1. The Balaban J connectivity index is 1.68. The van der Waals surface area contributed by atoms with Crippen LogP contribution in [-0.4, -0.2) is 37.1 Å². The van der Waals surface area contributed by atoms with E-state index in [1.54, 1.807) is 11.3 Å². The topological polar surface area (TPSA) is 50.8 Å². The number of likely N-dealkylation sites (tertiary alicyclic amines) is 1. The number of thiophene rings is 1. The van der Waals surface area contributed by atoms with E-state index in [4.69, 9.17) is 9.47 Å². The van der Waals surface area contributed by atoms with Gasteiger partial charge in [-0.2, -0.15) is 11.3 Å². The molecule has 1 amide bonds. The molecular formula is C20H26N2O3S. The lowest BCUT2D eigenvalue weighted by Crippen LogP contribution is -2.32. The molecule has 3 rings (SSSR count). The molecule has 6 heteroatoms. The van der Waals surface area contributed by atoms with E-state index < -0.39 is 0 Å². The number of hydrogen-bond acceptors (Lipinski definition) is 5. The first-order valence-electron chi connectivity index (χ1n) is 9.17. The highest BCUT2D eigenvalue weighted by atomic mass is 32.1. The fraction of sp³-hybridized carbons (Fsp3) is 0.450. The van der Waals surface area contributed by atoms with Crippen LogP contribution in [0.5, 0.6) is 11.5 Å². The summed E-state index contributed by atoms with van der Waals surface area (Å²) in [4.78, 5) is 14.9. The summed E-state index contributed by atoms with van der Waals surface area (Å²) < 4.78 is 11.2. The molecule has 0 radical (unpaired) electrons.